The smallest absolute Gasteiger partial charge is 0.0766 e. The normalized spacial score (nSPS) is 14.1. The number of nitrogens with zero attached hydrogens (tertiary/aromatic N) is 2. The second-order valence-electron chi connectivity index (χ2n) is 5.49. The number of aromatic nitrogens is 2. The van der Waals surface area contributed by atoms with Gasteiger partial charge in [0.15, 0.2) is 0 Å². The third-order valence-corrected chi connectivity index (χ3v) is 4.92. The highest BCUT2D eigenvalue weighted by atomic mass is 79.9. The van der Waals surface area contributed by atoms with E-state index in [1.807, 2.05) is 18.2 Å². The molecule has 0 amide bonds. The Bertz CT molecular complexity index is 577. The van der Waals surface area contributed by atoms with Crippen molar-refractivity contribution in [2.24, 2.45) is 11.7 Å². The summed E-state index contributed by atoms with van der Waals surface area (Å²) in [6.45, 7) is 7.37. The van der Waals surface area contributed by atoms with Crippen LogP contribution in [-0.4, -0.2) is 9.78 Å². The topological polar surface area (TPSA) is 43.8 Å². The Morgan fingerprint density at radius 3 is 2.48 bits per heavy atom. The second kappa shape index (κ2) is 7.23. The van der Waals surface area contributed by atoms with Crippen LogP contribution in [0.3, 0.4) is 0 Å². The highest BCUT2D eigenvalue weighted by molar-refractivity contribution is 9.10. The minimum Gasteiger partial charge on any atom is -0.324 e. The molecule has 2 rings (SSSR count). The maximum atomic E-state index is 6.42. The number of benzene rings is 1. The summed E-state index contributed by atoms with van der Waals surface area (Å²) in [4.78, 5) is 0. The van der Waals surface area contributed by atoms with E-state index in [0.29, 0.717) is 5.92 Å². The van der Waals surface area contributed by atoms with Gasteiger partial charge in [-0.3, -0.25) is 4.68 Å². The SMILES string of the molecule is CCc1nn(CC)c(CC(C)C(N)c2ccccc2)c1Br. The fraction of sp³-hybridized carbons (Fsp3) is 0.471. The lowest BCUT2D eigenvalue weighted by Crippen LogP contribution is -2.22. The molecule has 0 saturated carbocycles. The highest BCUT2D eigenvalue weighted by Crippen LogP contribution is 2.28. The first-order valence-electron chi connectivity index (χ1n) is 7.63. The molecule has 2 unspecified atom stereocenters. The van der Waals surface area contributed by atoms with E-state index in [9.17, 15) is 0 Å². The quantitative estimate of drug-likeness (QED) is 0.852. The van der Waals surface area contributed by atoms with E-state index in [1.165, 1.54) is 11.3 Å². The van der Waals surface area contributed by atoms with Crippen molar-refractivity contribution >= 4 is 15.9 Å². The Balaban J connectivity index is 2.19. The summed E-state index contributed by atoms with van der Waals surface area (Å²) in [5.41, 5.74) is 10.0. The monoisotopic (exact) mass is 349 g/mol. The van der Waals surface area contributed by atoms with Crippen LogP contribution in [-0.2, 0) is 19.4 Å². The van der Waals surface area contributed by atoms with Crippen LogP contribution in [0.4, 0.5) is 0 Å². The molecule has 0 aliphatic heterocycles. The van der Waals surface area contributed by atoms with Crippen LogP contribution >= 0.6 is 15.9 Å². The van der Waals surface area contributed by atoms with Crippen LogP contribution in [0.5, 0.6) is 0 Å². The van der Waals surface area contributed by atoms with Gasteiger partial charge >= 0.3 is 0 Å². The van der Waals surface area contributed by atoms with Gasteiger partial charge in [0.25, 0.3) is 0 Å². The van der Waals surface area contributed by atoms with Crippen molar-refractivity contribution in [1.82, 2.24) is 9.78 Å². The molecule has 0 radical (unpaired) electrons. The molecule has 2 N–H and O–H groups in total. The summed E-state index contributed by atoms with van der Waals surface area (Å²) < 4.78 is 3.25. The van der Waals surface area contributed by atoms with Gasteiger partial charge in [-0.25, -0.2) is 0 Å². The number of hydrogen-bond donors (Lipinski definition) is 1. The Kier molecular flexibility index (Phi) is 5.59. The molecule has 1 aromatic heterocycles. The molecule has 2 atom stereocenters. The molecule has 0 bridgehead atoms. The maximum absolute atomic E-state index is 6.42. The zero-order chi connectivity index (χ0) is 15.4. The number of hydrogen-bond acceptors (Lipinski definition) is 2. The van der Waals surface area contributed by atoms with Crippen molar-refractivity contribution in [1.29, 1.82) is 0 Å². The molecule has 0 spiro atoms. The van der Waals surface area contributed by atoms with Gasteiger partial charge < -0.3 is 5.73 Å². The van der Waals surface area contributed by atoms with E-state index in [2.05, 4.69) is 58.6 Å². The third-order valence-electron chi connectivity index (χ3n) is 4.01. The average molecular weight is 350 g/mol. The Morgan fingerprint density at radius 1 is 1.24 bits per heavy atom. The van der Waals surface area contributed by atoms with Gasteiger partial charge in [0.05, 0.1) is 15.9 Å². The minimum absolute atomic E-state index is 0.0448. The van der Waals surface area contributed by atoms with Gasteiger partial charge in [-0.05, 0) is 47.2 Å². The van der Waals surface area contributed by atoms with E-state index in [0.717, 1.165) is 29.6 Å². The summed E-state index contributed by atoms with van der Waals surface area (Å²) in [7, 11) is 0. The van der Waals surface area contributed by atoms with Crippen molar-refractivity contribution in [3.8, 4) is 0 Å². The van der Waals surface area contributed by atoms with Crippen molar-refractivity contribution in [2.45, 2.75) is 46.2 Å². The van der Waals surface area contributed by atoms with E-state index in [-0.39, 0.29) is 6.04 Å². The first-order chi connectivity index (χ1) is 10.1. The largest absolute Gasteiger partial charge is 0.324 e. The molecule has 2 aromatic rings. The molecular formula is C17H24BrN3. The number of halogens is 1. The molecule has 0 saturated heterocycles. The van der Waals surface area contributed by atoms with E-state index in [4.69, 9.17) is 5.73 Å². The molecule has 0 fully saturated rings. The third kappa shape index (κ3) is 3.55. The molecule has 1 heterocycles. The molecule has 3 nitrogen and oxygen atoms in total. The van der Waals surface area contributed by atoms with Crippen molar-refractivity contribution in [3.63, 3.8) is 0 Å². The lowest BCUT2D eigenvalue weighted by molar-refractivity contribution is 0.448. The Labute approximate surface area is 135 Å². The van der Waals surface area contributed by atoms with Crippen molar-refractivity contribution < 1.29 is 0 Å². The molecule has 0 aliphatic carbocycles. The first kappa shape index (κ1) is 16.2. The predicted octanol–water partition coefficient (Wildman–Crippen LogP) is 4.11. The number of rotatable bonds is 6. The Morgan fingerprint density at radius 2 is 1.90 bits per heavy atom. The van der Waals surface area contributed by atoms with Gasteiger partial charge in [0.2, 0.25) is 0 Å². The zero-order valence-corrected chi connectivity index (χ0v) is 14.6. The van der Waals surface area contributed by atoms with Gasteiger partial charge in [0, 0.05) is 12.6 Å². The molecule has 1 aromatic carbocycles. The number of aryl methyl sites for hydroxylation is 2. The van der Waals surface area contributed by atoms with Crippen molar-refractivity contribution in [2.75, 3.05) is 0 Å². The summed E-state index contributed by atoms with van der Waals surface area (Å²) in [6, 6.07) is 10.4. The van der Waals surface area contributed by atoms with E-state index in [1.54, 1.807) is 0 Å². The van der Waals surface area contributed by atoms with Gasteiger partial charge in [-0.2, -0.15) is 5.10 Å². The minimum atomic E-state index is 0.0448. The molecule has 114 valence electrons. The number of nitrogens with two attached hydrogens (primary N) is 1. The maximum Gasteiger partial charge on any atom is 0.0766 e. The van der Waals surface area contributed by atoms with E-state index < -0.39 is 0 Å². The van der Waals surface area contributed by atoms with Crippen LogP contribution in [0.1, 0.15) is 43.8 Å². The van der Waals surface area contributed by atoms with E-state index >= 15 is 0 Å². The molecule has 4 heteroatoms. The van der Waals surface area contributed by atoms with Crippen LogP contribution in [0, 0.1) is 5.92 Å². The average Bonchev–Trinajstić information content (AvgIpc) is 2.83. The highest BCUT2D eigenvalue weighted by Gasteiger charge is 2.20. The zero-order valence-electron chi connectivity index (χ0n) is 13.0. The van der Waals surface area contributed by atoms with Gasteiger partial charge in [0.1, 0.15) is 0 Å². The van der Waals surface area contributed by atoms with Gasteiger partial charge in [-0.15, -0.1) is 0 Å². The summed E-state index contributed by atoms with van der Waals surface area (Å²) in [5.74, 6) is 0.357. The lowest BCUT2D eigenvalue weighted by Gasteiger charge is -2.21. The summed E-state index contributed by atoms with van der Waals surface area (Å²) in [6.07, 6.45) is 1.87. The van der Waals surface area contributed by atoms with Crippen LogP contribution in [0.15, 0.2) is 34.8 Å². The molecular weight excluding hydrogens is 326 g/mol. The fourth-order valence-corrected chi connectivity index (χ4v) is 3.37. The van der Waals surface area contributed by atoms with Crippen LogP contribution in [0.2, 0.25) is 0 Å². The van der Waals surface area contributed by atoms with Crippen molar-refractivity contribution in [3.05, 3.63) is 51.8 Å². The first-order valence-corrected chi connectivity index (χ1v) is 8.42. The molecule has 0 aliphatic rings. The molecule has 21 heavy (non-hydrogen) atoms. The summed E-state index contributed by atoms with van der Waals surface area (Å²) >= 11 is 3.71. The standard InChI is InChI=1S/C17H24BrN3/c1-4-14-16(18)15(21(5-2)20-14)11-12(3)17(19)13-9-7-6-8-10-13/h6-10,12,17H,4-5,11,19H2,1-3H3. The second-order valence-corrected chi connectivity index (χ2v) is 6.29. The Hall–Kier alpha value is -1.13. The lowest BCUT2D eigenvalue weighted by atomic mass is 9.91. The predicted molar refractivity (Wildman–Crippen MR) is 91.2 cm³/mol. The van der Waals surface area contributed by atoms with Gasteiger partial charge in [-0.1, -0.05) is 44.2 Å². The fourth-order valence-electron chi connectivity index (χ4n) is 2.65. The van der Waals surface area contributed by atoms with Crippen LogP contribution < -0.4 is 5.73 Å². The summed E-state index contributed by atoms with van der Waals surface area (Å²) in [5, 5.41) is 4.66. The van der Waals surface area contributed by atoms with Crippen LogP contribution in [0.25, 0.3) is 0 Å².